The average molecular weight is 283 g/mol. The predicted octanol–water partition coefficient (Wildman–Crippen LogP) is 4.19. The van der Waals surface area contributed by atoms with Gasteiger partial charge in [0.15, 0.2) is 0 Å². The first-order valence-electron chi connectivity index (χ1n) is 6.71. The summed E-state index contributed by atoms with van der Waals surface area (Å²) >= 11 is 1.66. The Morgan fingerprint density at radius 2 is 2.00 bits per heavy atom. The highest BCUT2D eigenvalue weighted by Gasteiger charge is 2.11. The normalized spacial score (nSPS) is 12.8. The molecular formula is C17H17NOS. The molecule has 3 heteroatoms. The SMILES string of the molecule is Cc1ccc(CC(O)c2cnc3ccsc3c2)cc1C. The molecule has 0 amide bonds. The number of hydrogen-bond donors (Lipinski definition) is 1. The summed E-state index contributed by atoms with van der Waals surface area (Å²) < 4.78 is 1.13. The molecule has 0 spiro atoms. The number of thiophene rings is 1. The highest BCUT2D eigenvalue weighted by Crippen LogP contribution is 2.25. The fraction of sp³-hybridized carbons (Fsp3) is 0.235. The largest absolute Gasteiger partial charge is 0.388 e. The van der Waals surface area contributed by atoms with Gasteiger partial charge in [0.05, 0.1) is 16.3 Å². The van der Waals surface area contributed by atoms with Crippen molar-refractivity contribution in [2.24, 2.45) is 0 Å². The van der Waals surface area contributed by atoms with Crippen molar-refractivity contribution in [1.82, 2.24) is 4.98 Å². The van der Waals surface area contributed by atoms with Crippen molar-refractivity contribution in [1.29, 1.82) is 0 Å². The van der Waals surface area contributed by atoms with Gasteiger partial charge in [-0.15, -0.1) is 11.3 Å². The van der Waals surface area contributed by atoms with Crippen LogP contribution in [-0.2, 0) is 6.42 Å². The average Bonchev–Trinajstić information content (AvgIpc) is 2.90. The zero-order valence-corrected chi connectivity index (χ0v) is 12.4. The summed E-state index contributed by atoms with van der Waals surface area (Å²) in [5.74, 6) is 0. The molecule has 0 fully saturated rings. The summed E-state index contributed by atoms with van der Waals surface area (Å²) in [5.41, 5.74) is 5.59. The van der Waals surface area contributed by atoms with E-state index >= 15 is 0 Å². The number of pyridine rings is 1. The zero-order chi connectivity index (χ0) is 14.1. The van der Waals surface area contributed by atoms with Gasteiger partial charge in [0.1, 0.15) is 0 Å². The van der Waals surface area contributed by atoms with Crippen molar-refractivity contribution >= 4 is 21.6 Å². The predicted molar refractivity (Wildman–Crippen MR) is 84.2 cm³/mol. The summed E-state index contributed by atoms with van der Waals surface area (Å²) in [7, 11) is 0. The first-order valence-corrected chi connectivity index (χ1v) is 7.59. The molecule has 0 radical (unpaired) electrons. The van der Waals surface area contributed by atoms with Crippen molar-refractivity contribution in [2.45, 2.75) is 26.4 Å². The molecule has 2 nitrogen and oxygen atoms in total. The Hall–Kier alpha value is -1.71. The van der Waals surface area contributed by atoms with Crippen LogP contribution in [0.3, 0.4) is 0 Å². The van der Waals surface area contributed by atoms with Gasteiger partial charge < -0.3 is 5.11 Å². The van der Waals surface area contributed by atoms with Gasteiger partial charge >= 0.3 is 0 Å². The second-order valence-electron chi connectivity index (χ2n) is 5.21. The van der Waals surface area contributed by atoms with Crippen LogP contribution in [0.5, 0.6) is 0 Å². The van der Waals surface area contributed by atoms with Crippen LogP contribution in [0.25, 0.3) is 10.2 Å². The minimum absolute atomic E-state index is 0.504. The monoisotopic (exact) mass is 283 g/mol. The molecule has 0 bridgehead atoms. The van der Waals surface area contributed by atoms with Crippen LogP contribution in [0.2, 0.25) is 0 Å². The van der Waals surface area contributed by atoms with Gasteiger partial charge in [-0.3, -0.25) is 4.98 Å². The number of hydrogen-bond acceptors (Lipinski definition) is 3. The lowest BCUT2D eigenvalue weighted by molar-refractivity contribution is 0.178. The topological polar surface area (TPSA) is 33.1 Å². The molecule has 20 heavy (non-hydrogen) atoms. The minimum atomic E-state index is -0.504. The highest BCUT2D eigenvalue weighted by molar-refractivity contribution is 7.17. The van der Waals surface area contributed by atoms with Crippen molar-refractivity contribution in [2.75, 3.05) is 0 Å². The molecular weight excluding hydrogens is 266 g/mol. The van der Waals surface area contributed by atoms with Crippen LogP contribution in [0.1, 0.15) is 28.4 Å². The van der Waals surface area contributed by atoms with E-state index in [9.17, 15) is 5.11 Å². The first kappa shape index (κ1) is 13.3. The third-order valence-electron chi connectivity index (χ3n) is 3.71. The molecule has 0 aliphatic carbocycles. The Labute approximate surface area is 122 Å². The molecule has 2 aromatic heterocycles. The lowest BCUT2D eigenvalue weighted by Gasteiger charge is -2.12. The van der Waals surface area contributed by atoms with E-state index in [-0.39, 0.29) is 0 Å². The van der Waals surface area contributed by atoms with E-state index < -0.39 is 6.10 Å². The second kappa shape index (κ2) is 5.35. The van der Waals surface area contributed by atoms with E-state index in [1.54, 1.807) is 17.5 Å². The maximum atomic E-state index is 10.4. The van der Waals surface area contributed by atoms with E-state index in [4.69, 9.17) is 0 Å². The van der Waals surface area contributed by atoms with E-state index in [1.807, 2.05) is 17.5 Å². The third kappa shape index (κ3) is 2.60. The Bertz CT molecular complexity index is 748. The van der Waals surface area contributed by atoms with Crippen molar-refractivity contribution in [3.63, 3.8) is 0 Å². The van der Waals surface area contributed by atoms with Gasteiger partial charge in [0, 0.05) is 18.2 Å². The lowest BCUT2D eigenvalue weighted by Crippen LogP contribution is -2.02. The number of nitrogens with zero attached hydrogens (tertiary/aromatic N) is 1. The maximum Gasteiger partial charge on any atom is 0.0845 e. The van der Waals surface area contributed by atoms with Gasteiger partial charge in [0.2, 0.25) is 0 Å². The summed E-state index contributed by atoms with van der Waals surface area (Å²) in [6, 6.07) is 10.4. The van der Waals surface area contributed by atoms with Crippen LogP contribution in [0.15, 0.2) is 41.9 Å². The standard InChI is InChI=1S/C17H17NOS/c1-11-3-4-13(7-12(11)2)8-16(19)14-9-17-15(18-10-14)5-6-20-17/h3-7,9-10,16,19H,8H2,1-2H3. The molecule has 3 aromatic rings. The van der Waals surface area contributed by atoms with Crippen molar-refractivity contribution in [3.8, 4) is 0 Å². The number of fused-ring (bicyclic) bond motifs is 1. The van der Waals surface area contributed by atoms with Gasteiger partial charge in [-0.1, -0.05) is 18.2 Å². The fourth-order valence-corrected chi connectivity index (χ4v) is 3.10. The number of aryl methyl sites for hydroxylation is 2. The molecule has 102 valence electrons. The number of benzene rings is 1. The Morgan fingerprint density at radius 1 is 1.15 bits per heavy atom. The first-order chi connectivity index (χ1) is 9.63. The van der Waals surface area contributed by atoms with Gasteiger partial charge in [-0.2, -0.15) is 0 Å². The molecule has 0 saturated carbocycles. The number of aliphatic hydroxyl groups excluding tert-OH is 1. The molecule has 1 aromatic carbocycles. The van der Waals surface area contributed by atoms with Gasteiger partial charge in [-0.25, -0.2) is 0 Å². The van der Waals surface area contributed by atoms with Crippen molar-refractivity contribution in [3.05, 3.63) is 64.2 Å². The number of aliphatic hydroxyl groups is 1. The third-order valence-corrected chi connectivity index (χ3v) is 4.56. The summed E-state index contributed by atoms with van der Waals surface area (Å²) in [6.07, 6.45) is 1.90. The highest BCUT2D eigenvalue weighted by atomic mass is 32.1. The van der Waals surface area contributed by atoms with Crippen LogP contribution in [0.4, 0.5) is 0 Å². The van der Waals surface area contributed by atoms with E-state index in [0.29, 0.717) is 6.42 Å². The molecule has 0 saturated heterocycles. The van der Waals surface area contributed by atoms with Crippen molar-refractivity contribution < 1.29 is 5.11 Å². The van der Waals surface area contributed by atoms with Gasteiger partial charge in [0.25, 0.3) is 0 Å². The molecule has 2 heterocycles. The smallest absolute Gasteiger partial charge is 0.0845 e. The van der Waals surface area contributed by atoms with E-state index in [2.05, 4.69) is 37.0 Å². The summed E-state index contributed by atoms with van der Waals surface area (Å²) in [6.45, 7) is 4.20. The second-order valence-corrected chi connectivity index (χ2v) is 6.16. The van der Waals surface area contributed by atoms with Crippen LogP contribution < -0.4 is 0 Å². The lowest BCUT2D eigenvalue weighted by atomic mass is 9.99. The number of aromatic nitrogens is 1. The molecule has 0 aliphatic rings. The van der Waals surface area contributed by atoms with E-state index in [0.717, 1.165) is 21.3 Å². The summed E-state index contributed by atoms with van der Waals surface area (Å²) in [5, 5.41) is 12.4. The molecule has 1 unspecified atom stereocenters. The Kier molecular flexibility index (Phi) is 3.55. The van der Waals surface area contributed by atoms with Crippen LogP contribution in [0, 0.1) is 13.8 Å². The molecule has 1 atom stereocenters. The number of rotatable bonds is 3. The van der Waals surface area contributed by atoms with E-state index in [1.165, 1.54) is 11.1 Å². The minimum Gasteiger partial charge on any atom is -0.388 e. The van der Waals surface area contributed by atoms with Crippen LogP contribution in [-0.4, -0.2) is 10.1 Å². The van der Waals surface area contributed by atoms with Crippen LogP contribution >= 0.6 is 11.3 Å². The summed E-state index contributed by atoms with van der Waals surface area (Å²) in [4.78, 5) is 4.39. The zero-order valence-electron chi connectivity index (χ0n) is 11.6. The molecule has 1 N–H and O–H groups in total. The Morgan fingerprint density at radius 3 is 2.80 bits per heavy atom. The quantitative estimate of drug-likeness (QED) is 0.782. The van der Waals surface area contributed by atoms with Gasteiger partial charge in [-0.05, 0) is 48.1 Å². The maximum absolute atomic E-state index is 10.4. The molecule has 0 aliphatic heterocycles. The molecule has 3 rings (SSSR count). The fourth-order valence-electron chi connectivity index (χ4n) is 2.32. The Balaban J connectivity index is 1.84.